The molecular weight excluding hydrogens is 392 g/mol. The van der Waals surface area contributed by atoms with Gasteiger partial charge in [0.15, 0.2) is 18.6 Å². The van der Waals surface area contributed by atoms with E-state index in [9.17, 15) is 20.6 Å². The van der Waals surface area contributed by atoms with E-state index in [0.29, 0.717) is 0 Å². The van der Waals surface area contributed by atoms with Crippen LogP contribution in [0.1, 0.15) is 6.92 Å². The Labute approximate surface area is 159 Å². The zero-order valence-electron chi connectivity index (χ0n) is 14.6. The van der Waals surface area contributed by atoms with Crippen LogP contribution in [-0.2, 0) is 37.2 Å². The molecule has 0 spiro atoms. The van der Waals surface area contributed by atoms with Gasteiger partial charge in [0, 0.05) is 7.11 Å². The molecule has 13 heteroatoms. The van der Waals surface area contributed by atoms with Gasteiger partial charge in [0.2, 0.25) is 0 Å². The van der Waals surface area contributed by atoms with Gasteiger partial charge in [0.05, 0.1) is 19.3 Å². The molecule has 0 aromatic heterocycles. The van der Waals surface area contributed by atoms with Gasteiger partial charge in [0.25, 0.3) is 0 Å². The van der Waals surface area contributed by atoms with E-state index in [4.69, 9.17) is 27.9 Å². The quantitative estimate of drug-likeness (QED) is 0.161. The average Bonchev–Trinajstić information content (AvgIpc) is 2.98. The number of ether oxygens (including phenoxy) is 5. The third-order valence-corrected chi connectivity index (χ3v) is 5.33. The molecule has 3 N–H and O–H groups in total. The van der Waals surface area contributed by atoms with Gasteiger partial charge in [-0.3, -0.25) is 9.22 Å². The fraction of sp³-hybridized carbons (Fsp3) is 1.00. The maximum Gasteiger partial charge on any atom is 0.194 e. The molecule has 3 saturated heterocycles. The molecule has 10 atom stereocenters. The summed E-state index contributed by atoms with van der Waals surface area (Å²) in [5.74, 6) is 0. The van der Waals surface area contributed by atoms with Crippen molar-refractivity contribution in [2.24, 2.45) is 0 Å². The lowest BCUT2D eigenvalue weighted by atomic mass is 9.97. The van der Waals surface area contributed by atoms with Gasteiger partial charge in [-0.2, -0.15) is 0 Å². The topological polar surface area (TPSA) is 158 Å². The molecule has 3 aliphatic heterocycles. The molecule has 27 heavy (non-hydrogen) atoms. The minimum atomic E-state index is -1.31. The molecule has 3 heterocycles. The van der Waals surface area contributed by atoms with Gasteiger partial charge in [-0.05, 0) is 6.92 Å². The van der Waals surface area contributed by atoms with E-state index in [1.54, 1.807) is 6.92 Å². The maximum absolute atomic E-state index is 10.6. The van der Waals surface area contributed by atoms with Crippen molar-refractivity contribution in [3.05, 3.63) is 0 Å². The summed E-state index contributed by atoms with van der Waals surface area (Å²) in [6, 6.07) is 0. The smallest absolute Gasteiger partial charge is 0.194 e. The van der Waals surface area contributed by atoms with Gasteiger partial charge >= 0.3 is 0 Å². The maximum atomic E-state index is 10.6. The minimum Gasteiger partial charge on any atom is -0.691 e. The Kier molecular flexibility index (Phi) is 7.65. The lowest BCUT2D eigenvalue weighted by molar-refractivity contribution is -0.777. The van der Waals surface area contributed by atoms with Crippen LogP contribution in [0.5, 0.6) is 0 Å². The lowest BCUT2D eigenvalue weighted by Gasteiger charge is -2.45. The Morgan fingerprint density at radius 2 is 1.93 bits per heavy atom. The number of rotatable bonds is 8. The third kappa shape index (κ3) is 4.40. The molecule has 158 valence electrons. The lowest BCUT2D eigenvalue weighted by Crippen LogP contribution is -2.62. The third-order valence-electron chi connectivity index (χ3n) is 4.91. The van der Waals surface area contributed by atoms with Crippen LogP contribution in [0.2, 0.25) is 0 Å². The van der Waals surface area contributed by atoms with Crippen molar-refractivity contribution < 1.29 is 57.8 Å². The summed E-state index contributed by atoms with van der Waals surface area (Å²) in [4.78, 5) is 0. The van der Waals surface area contributed by atoms with E-state index >= 15 is 0 Å². The van der Waals surface area contributed by atoms with Crippen molar-refractivity contribution in [3.63, 3.8) is 0 Å². The van der Waals surface area contributed by atoms with Crippen LogP contribution in [-0.4, -0.2) is 96.9 Å². The molecule has 3 rings (SSSR count). The van der Waals surface area contributed by atoms with E-state index < -0.39 is 67.8 Å². The van der Waals surface area contributed by atoms with E-state index in [-0.39, 0.29) is 18.9 Å². The zero-order chi connectivity index (χ0) is 19.6. The number of fused-ring (bicyclic) bond motifs is 2. The molecule has 0 amide bonds. The fourth-order valence-corrected chi connectivity index (χ4v) is 3.95. The average molecular weight is 415 g/mol. The van der Waals surface area contributed by atoms with Gasteiger partial charge in [-0.1, -0.05) is 0 Å². The zero-order valence-corrected chi connectivity index (χ0v) is 15.4. The highest BCUT2D eigenvalue weighted by Gasteiger charge is 2.54. The summed E-state index contributed by atoms with van der Waals surface area (Å²) >= 11 is 0.217. The molecule has 0 aromatic rings. The fourth-order valence-electron chi connectivity index (χ4n) is 3.57. The Hall–Kier alpha value is -0.130. The van der Waals surface area contributed by atoms with Crippen LogP contribution >= 0.6 is 12.3 Å². The summed E-state index contributed by atoms with van der Waals surface area (Å²) in [7, 11) is 1.33. The van der Waals surface area contributed by atoms with Crippen molar-refractivity contribution in [3.8, 4) is 0 Å². The molecule has 3 fully saturated rings. The first kappa shape index (κ1) is 21.6. The van der Waals surface area contributed by atoms with Crippen LogP contribution < -0.4 is 5.26 Å². The molecule has 12 nitrogen and oxygen atoms in total. The molecule has 0 radical (unpaired) electrons. The standard InChI is InChI=1S/C14H24O12S/c1-5-8(16)13-10(7(21-5)4-20-13)23-14-9(17)12(19-2)11(6(3-15)22-14)24-27-26-25-18/h5-18H,3-4H2,1-2H3/p-1/t5-,6?,7?,8?,9+,10-,11-,12?,13-,14-/m0/s1. The second-order valence-corrected chi connectivity index (χ2v) is 6.91. The molecule has 0 saturated carbocycles. The summed E-state index contributed by atoms with van der Waals surface area (Å²) < 4.78 is 37.1. The predicted molar refractivity (Wildman–Crippen MR) is 82.1 cm³/mol. The van der Waals surface area contributed by atoms with Crippen molar-refractivity contribution in [1.29, 1.82) is 0 Å². The number of aliphatic hydroxyl groups is 3. The summed E-state index contributed by atoms with van der Waals surface area (Å²) in [6.07, 6.45) is -8.46. The van der Waals surface area contributed by atoms with Crippen LogP contribution in [0.15, 0.2) is 0 Å². The molecule has 3 aliphatic rings. The second-order valence-electron chi connectivity index (χ2n) is 6.45. The van der Waals surface area contributed by atoms with E-state index in [1.807, 2.05) is 0 Å². The van der Waals surface area contributed by atoms with Gasteiger partial charge in [-0.25, -0.2) is 0 Å². The first-order valence-corrected chi connectivity index (χ1v) is 9.04. The van der Waals surface area contributed by atoms with Gasteiger partial charge < -0.3 is 44.3 Å². The van der Waals surface area contributed by atoms with Crippen molar-refractivity contribution >= 4 is 12.3 Å². The van der Waals surface area contributed by atoms with Crippen molar-refractivity contribution in [2.75, 3.05) is 20.3 Å². The van der Waals surface area contributed by atoms with E-state index in [1.165, 1.54) is 7.11 Å². The second kappa shape index (κ2) is 9.58. The number of hydrogen-bond donors (Lipinski definition) is 3. The summed E-state index contributed by atoms with van der Waals surface area (Å²) in [6.45, 7) is 1.49. The monoisotopic (exact) mass is 415 g/mol. The van der Waals surface area contributed by atoms with Crippen LogP contribution in [0.4, 0.5) is 0 Å². The Morgan fingerprint density at radius 1 is 1.15 bits per heavy atom. The highest BCUT2D eigenvalue weighted by atomic mass is 32.2. The normalized spacial score (nSPS) is 47.3. The van der Waals surface area contributed by atoms with Crippen LogP contribution in [0.25, 0.3) is 0 Å². The molecule has 4 unspecified atom stereocenters. The molecular formula is C14H23O12S-. The van der Waals surface area contributed by atoms with Crippen LogP contribution in [0.3, 0.4) is 0 Å². The molecule has 0 aromatic carbocycles. The molecule has 2 bridgehead atoms. The SMILES string of the molecule is COC1[C@@H](OSOO[O-])C(CO)O[C@@H](O[C@H]2C3CO[C@H]2C(O)[C@H](C)O3)[C@@H]1O. The van der Waals surface area contributed by atoms with Crippen LogP contribution in [0, 0.1) is 0 Å². The van der Waals surface area contributed by atoms with E-state index in [0.717, 1.165) is 0 Å². The molecule has 0 aliphatic carbocycles. The van der Waals surface area contributed by atoms with E-state index in [2.05, 4.69) is 9.37 Å². The number of hydrogen-bond acceptors (Lipinski definition) is 13. The number of aliphatic hydroxyl groups excluding tert-OH is 3. The summed E-state index contributed by atoms with van der Waals surface area (Å²) in [5, 5.41) is 43.5. The van der Waals surface area contributed by atoms with Gasteiger partial charge in [-0.15, -0.1) is 4.33 Å². The predicted octanol–water partition coefficient (Wildman–Crippen LogP) is -2.82. The Morgan fingerprint density at radius 3 is 2.59 bits per heavy atom. The first-order valence-electron chi connectivity index (χ1n) is 8.38. The minimum absolute atomic E-state index is 0.217. The Bertz CT molecular complexity index is 471. The summed E-state index contributed by atoms with van der Waals surface area (Å²) in [5.41, 5.74) is 0. The van der Waals surface area contributed by atoms with Crippen molar-refractivity contribution in [2.45, 2.75) is 68.1 Å². The first-order chi connectivity index (χ1) is 13.0. The number of methoxy groups -OCH3 is 1. The Balaban J connectivity index is 1.68. The largest absolute Gasteiger partial charge is 0.691 e. The highest BCUT2D eigenvalue weighted by Crippen LogP contribution is 2.35. The highest BCUT2D eigenvalue weighted by molar-refractivity contribution is 7.89. The van der Waals surface area contributed by atoms with Gasteiger partial charge in [0.1, 0.15) is 48.8 Å². The van der Waals surface area contributed by atoms with Crippen molar-refractivity contribution in [1.82, 2.24) is 0 Å².